The smallest absolute Gasteiger partial charge is 0.271 e. The van der Waals surface area contributed by atoms with Crippen molar-refractivity contribution in [2.45, 2.75) is 12.3 Å². The molecule has 0 aliphatic heterocycles. The number of thiophene rings is 1. The van der Waals surface area contributed by atoms with E-state index in [-0.39, 0.29) is 5.75 Å². The summed E-state index contributed by atoms with van der Waals surface area (Å²) in [6.45, 7) is 1.61. The number of rotatable bonds is 9. The molecule has 0 radical (unpaired) electrons. The first kappa shape index (κ1) is 17.1. The zero-order valence-corrected chi connectivity index (χ0v) is 14.6. The lowest BCUT2D eigenvalue weighted by Gasteiger charge is -2.11. The van der Waals surface area contributed by atoms with E-state index in [4.69, 9.17) is 4.74 Å². The number of methoxy groups -OCH3 is 1. The van der Waals surface area contributed by atoms with Gasteiger partial charge in [-0.2, -0.15) is 11.8 Å². The van der Waals surface area contributed by atoms with Crippen LogP contribution in [0.5, 0.6) is 5.75 Å². The summed E-state index contributed by atoms with van der Waals surface area (Å²) in [4.78, 5) is 26.0. The Labute approximate surface area is 138 Å². The maximum Gasteiger partial charge on any atom is 0.271 e. The van der Waals surface area contributed by atoms with Gasteiger partial charge in [-0.25, -0.2) is 0 Å². The molecular formula is C15H20N2O3S2. The molecule has 1 aromatic heterocycles. The summed E-state index contributed by atoms with van der Waals surface area (Å²) in [5.41, 5.74) is 0.632. The Morgan fingerprint density at radius 3 is 2.77 bits per heavy atom. The van der Waals surface area contributed by atoms with Crippen LogP contribution in [0, 0.1) is 0 Å². The van der Waals surface area contributed by atoms with E-state index in [0.717, 1.165) is 18.1 Å². The number of hydrogen-bond acceptors (Lipinski definition) is 7. The van der Waals surface area contributed by atoms with Gasteiger partial charge in [-0.05, 0) is 31.1 Å². The van der Waals surface area contributed by atoms with Gasteiger partial charge in [0.1, 0.15) is 5.69 Å². The first-order valence-electron chi connectivity index (χ1n) is 6.93. The SMILES string of the molecule is COc1c(NCCSCc2csc(CN(C)C)c2)c(=O)c1=O. The molecule has 0 fully saturated rings. The van der Waals surface area contributed by atoms with Gasteiger partial charge in [0.2, 0.25) is 0 Å². The highest BCUT2D eigenvalue weighted by Gasteiger charge is 2.20. The van der Waals surface area contributed by atoms with Gasteiger partial charge >= 0.3 is 0 Å². The molecule has 1 heterocycles. The molecule has 7 heteroatoms. The van der Waals surface area contributed by atoms with Crippen LogP contribution in [0.4, 0.5) is 5.69 Å². The van der Waals surface area contributed by atoms with Crippen molar-refractivity contribution in [2.24, 2.45) is 0 Å². The van der Waals surface area contributed by atoms with Gasteiger partial charge < -0.3 is 15.0 Å². The summed E-state index contributed by atoms with van der Waals surface area (Å²) in [6, 6.07) is 2.24. The second-order valence-corrected chi connectivity index (χ2v) is 7.31. The van der Waals surface area contributed by atoms with Crippen molar-refractivity contribution in [2.75, 3.05) is 38.8 Å². The third-order valence-electron chi connectivity index (χ3n) is 3.07. The number of hydrogen-bond donors (Lipinski definition) is 1. The highest BCUT2D eigenvalue weighted by molar-refractivity contribution is 7.98. The maximum absolute atomic E-state index is 11.3. The molecule has 0 saturated heterocycles. The zero-order valence-electron chi connectivity index (χ0n) is 13.0. The Morgan fingerprint density at radius 2 is 2.09 bits per heavy atom. The fourth-order valence-electron chi connectivity index (χ4n) is 2.06. The third kappa shape index (κ3) is 4.12. The minimum Gasteiger partial charge on any atom is -0.491 e. The second kappa shape index (κ2) is 7.80. The lowest BCUT2D eigenvalue weighted by molar-refractivity contribution is 0.406. The van der Waals surface area contributed by atoms with E-state index >= 15 is 0 Å². The van der Waals surface area contributed by atoms with E-state index in [2.05, 4.69) is 35.8 Å². The van der Waals surface area contributed by atoms with Crippen molar-refractivity contribution in [3.05, 3.63) is 42.3 Å². The largest absolute Gasteiger partial charge is 0.491 e. The molecule has 0 amide bonds. The topological polar surface area (TPSA) is 58.6 Å². The molecule has 2 aromatic rings. The Balaban J connectivity index is 1.69. The van der Waals surface area contributed by atoms with Gasteiger partial charge in [-0.15, -0.1) is 11.3 Å². The molecule has 5 nitrogen and oxygen atoms in total. The molecule has 120 valence electrons. The summed E-state index contributed by atoms with van der Waals surface area (Å²) >= 11 is 3.58. The monoisotopic (exact) mass is 340 g/mol. The Kier molecular flexibility index (Phi) is 6.05. The molecule has 1 N–H and O–H groups in total. The quantitative estimate of drug-likeness (QED) is 0.554. The van der Waals surface area contributed by atoms with E-state index in [1.54, 1.807) is 23.1 Å². The van der Waals surface area contributed by atoms with Crippen LogP contribution in [0.1, 0.15) is 10.4 Å². The average molecular weight is 340 g/mol. The summed E-state index contributed by atoms with van der Waals surface area (Å²) in [7, 11) is 5.53. The summed E-state index contributed by atoms with van der Waals surface area (Å²) < 4.78 is 4.88. The molecule has 0 aliphatic carbocycles. The first-order valence-corrected chi connectivity index (χ1v) is 8.96. The molecule has 22 heavy (non-hydrogen) atoms. The fraction of sp³-hybridized carbons (Fsp3) is 0.467. The van der Waals surface area contributed by atoms with Gasteiger partial charge in [0, 0.05) is 29.5 Å². The third-order valence-corrected chi connectivity index (χ3v) is 5.07. The molecule has 0 saturated carbocycles. The molecule has 0 atom stereocenters. The van der Waals surface area contributed by atoms with Gasteiger partial charge in [-0.3, -0.25) is 9.59 Å². The van der Waals surface area contributed by atoms with E-state index < -0.39 is 10.9 Å². The first-order chi connectivity index (χ1) is 10.5. The van der Waals surface area contributed by atoms with E-state index in [1.165, 1.54) is 17.6 Å². The Hall–Kier alpha value is -1.31. The summed E-state index contributed by atoms with van der Waals surface area (Å²) in [5.74, 6) is 1.97. The summed E-state index contributed by atoms with van der Waals surface area (Å²) in [6.07, 6.45) is 0. The van der Waals surface area contributed by atoms with Gasteiger partial charge in [0.05, 0.1) is 7.11 Å². The molecular weight excluding hydrogens is 320 g/mol. The van der Waals surface area contributed by atoms with Crippen LogP contribution < -0.4 is 20.9 Å². The number of anilines is 1. The number of nitrogens with one attached hydrogen (secondary N) is 1. The Morgan fingerprint density at radius 1 is 1.32 bits per heavy atom. The average Bonchev–Trinajstić information content (AvgIpc) is 2.91. The van der Waals surface area contributed by atoms with Crippen LogP contribution in [-0.4, -0.2) is 38.4 Å². The van der Waals surface area contributed by atoms with Crippen LogP contribution >= 0.6 is 23.1 Å². The minimum absolute atomic E-state index is 0.154. The molecule has 0 aliphatic rings. The van der Waals surface area contributed by atoms with Crippen molar-refractivity contribution in [1.82, 2.24) is 4.90 Å². The normalized spacial score (nSPS) is 11.3. The zero-order chi connectivity index (χ0) is 16.1. The van der Waals surface area contributed by atoms with Crippen molar-refractivity contribution >= 4 is 28.8 Å². The number of thioether (sulfide) groups is 1. The number of nitrogens with zero attached hydrogens (tertiary/aromatic N) is 1. The maximum atomic E-state index is 11.3. The van der Waals surface area contributed by atoms with E-state index in [0.29, 0.717) is 12.2 Å². The lowest BCUT2D eigenvalue weighted by Crippen LogP contribution is -2.35. The standard InChI is InChI=1S/C15H20N2O3S2/c1-17(2)7-11-6-10(9-22-11)8-21-5-4-16-12-13(18)14(19)15(12)20-3/h6,9,16H,4-5,7-8H2,1-3H3. The van der Waals surface area contributed by atoms with Gasteiger partial charge in [0.15, 0.2) is 5.75 Å². The number of ether oxygens (including phenoxy) is 1. The minimum atomic E-state index is -0.538. The van der Waals surface area contributed by atoms with Gasteiger partial charge in [-0.1, -0.05) is 0 Å². The van der Waals surface area contributed by atoms with Crippen molar-refractivity contribution in [3.63, 3.8) is 0 Å². The lowest BCUT2D eigenvalue weighted by atomic mass is 10.2. The van der Waals surface area contributed by atoms with Crippen molar-refractivity contribution in [1.29, 1.82) is 0 Å². The van der Waals surface area contributed by atoms with Crippen molar-refractivity contribution in [3.8, 4) is 5.75 Å². The molecule has 0 bridgehead atoms. The molecule has 0 spiro atoms. The van der Waals surface area contributed by atoms with Gasteiger partial charge in [0.25, 0.3) is 10.9 Å². The predicted molar refractivity (Wildman–Crippen MR) is 94.3 cm³/mol. The molecule has 1 aromatic carbocycles. The fourth-order valence-corrected chi connectivity index (χ4v) is 3.97. The second-order valence-electron chi connectivity index (χ2n) is 5.20. The van der Waals surface area contributed by atoms with Crippen LogP contribution in [0.25, 0.3) is 0 Å². The Bertz CT molecular complexity index is 687. The van der Waals surface area contributed by atoms with Crippen LogP contribution in [-0.2, 0) is 12.3 Å². The highest BCUT2D eigenvalue weighted by Crippen LogP contribution is 2.21. The molecule has 0 unspecified atom stereocenters. The van der Waals surface area contributed by atoms with E-state index in [1.807, 2.05) is 0 Å². The highest BCUT2D eigenvalue weighted by atomic mass is 32.2. The predicted octanol–water partition coefficient (Wildman–Crippen LogP) is 1.76. The van der Waals surface area contributed by atoms with Crippen molar-refractivity contribution < 1.29 is 4.74 Å². The van der Waals surface area contributed by atoms with Crippen LogP contribution in [0.15, 0.2) is 21.0 Å². The van der Waals surface area contributed by atoms with Crippen LogP contribution in [0.3, 0.4) is 0 Å². The van der Waals surface area contributed by atoms with Crippen LogP contribution in [0.2, 0.25) is 0 Å². The molecule has 2 rings (SSSR count). The van der Waals surface area contributed by atoms with E-state index in [9.17, 15) is 9.59 Å². The summed E-state index contributed by atoms with van der Waals surface area (Å²) in [5, 5.41) is 5.17.